The van der Waals surface area contributed by atoms with E-state index in [1.54, 1.807) is 42.5 Å². The van der Waals surface area contributed by atoms with Gasteiger partial charge in [-0.05, 0) is 35.9 Å². The maximum Gasteiger partial charge on any atom is 0.338 e. The quantitative estimate of drug-likeness (QED) is 0.496. The largest absolute Gasteiger partial charge is 0.457 e. The summed E-state index contributed by atoms with van der Waals surface area (Å²) in [5, 5.41) is 13.6. The fourth-order valence-electron chi connectivity index (χ4n) is 2.77. The second kappa shape index (κ2) is 7.14. The Morgan fingerprint density at radius 3 is 2.56 bits per heavy atom. The third-order valence-electron chi connectivity index (χ3n) is 4.20. The van der Waals surface area contributed by atoms with Crippen LogP contribution in [0.4, 0.5) is 0 Å². The summed E-state index contributed by atoms with van der Waals surface area (Å²) in [7, 11) is 0. The molecule has 0 bridgehead atoms. The molecule has 0 spiro atoms. The Kier molecular flexibility index (Phi) is 4.38. The molecule has 0 saturated carbocycles. The van der Waals surface area contributed by atoms with Crippen LogP contribution in [0.3, 0.4) is 0 Å². The second-order valence-electron chi connectivity index (χ2n) is 5.99. The van der Waals surface area contributed by atoms with E-state index >= 15 is 0 Å². The van der Waals surface area contributed by atoms with E-state index in [1.165, 1.54) is 0 Å². The van der Waals surface area contributed by atoms with Gasteiger partial charge in [0, 0.05) is 5.56 Å². The Bertz CT molecular complexity index is 1140. The molecule has 130 valence electrons. The fourth-order valence-corrected chi connectivity index (χ4v) is 2.77. The van der Waals surface area contributed by atoms with Gasteiger partial charge in [0.1, 0.15) is 12.1 Å². The van der Waals surface area contributed by atoms with Gasteiger partial charge in [-0.25, -0.2) is 4.79 Å². The lowest BCUT2D eigenvalue weighted by molar-refractivity contribution is 0.0473. The average Bonchev–Trinajstić information content (AvgIpc) is 3.16. The molecular weight excluding hydrogens is 340 g/mol. The highest BCUT2D eigenvalue weighted by Gasteiger charge is 2.14. The number of carbonyl (C=O) groups is 1. The van der Waals surface area contributed by atoms with Crippen molar-refractivity contribution >= 4 is 16.9 Å². The van der Waals surface area contributed by atoms with Crippen LogP contribution >= 0.6 is 0 Å². The van der Waals surface area contributed by atoms with Crippen molar-refractivity contribution in [3.05, 3.63) is 89.5 Å². The van der Waals surface area contributed by atoms with Crippen LogP contribution in [0.25, 0.3) is 22.2 Å². The van der Waals surface area contributed by atoms with Gasteiger partial charge in [-0.2, -0.15) is 5.26 Å². The molecule has 27 heavy (non-hydrogen) atoms. The van der Waals surface area contributed by atoms with Gasteiger partial charge in [-0.3, -0.25) is 0 Å². The summed E-state index contributed by atoms with van der Waals surface area (Å²) in [5.41, 5.74) is 3.38. The van der Waals surface area contributed by atoms with Gasteiger partial charge < -0.3 is 9.26 Å². The number of carbonyl (C=O) groups excluding carboxylic acids is 1. The number of nitrogens with zero attached hydrogens (tertiary/aromatic N) is 2. The summed E-state index contributed by atoms with van der Waals surface area (Å²) in [4.78, 5) is 12.4. The molecule has 0 fully saturated rings. The van der Waals surface area contributed by atoms with Crippen LogP contribution in [-0.4, -0.2) is 11.1 Å². The van der Waals surface area contributed by atoms with Crippen molar-refractivity contribution in [2.24, 2.45) is 0 Å². The third kappa shape index (κ3) is 3.42. The number of esters is 1. The normalized spacial score (nSPS) is 10.5. The van der Waals surface area contributed by atoms with Gasteiger partial charge in [-0.15, -0.1) is 0 Å². The predicted octanol–water partition coefficient (Wildman–Crippen LogP) is 4.72. The third-order valence-corrected chi connectivity index (χ3v) is 4.20. The van der Waals surface area contributed by atoms with E-state index in [-0.39, 0.29) is 6.61 Å². The first-order valence-corrected chi connectivity index (χ1v) is 8.35. The van der Waals surface area contributed by atoms with Crippen molar-refractivity contribution in [3.63, 3.8) is 0 Å². The topological polar surface area (TPSA) is 76.1 Å². The Hall–Kier alpha value is -3.91. The molecule has 0 radical (unpaired) electrons. The molecule has 1 heterocycles. The molecule has 0 aliphatic carbocycles. The van der Waals surface area contributed by atoms with Crippen molar-refractivity contribution in [1.82, 2.24) is 5.16 Å². The number of aromatic nitrogens is 1. The number of benzene rings is 3. The molecule has 0 amide bonds. The van der Waals surface area contributed by atoms with Gasteiger partial charge in [0.05, 0.1) is 22.6 Å². The first-order valence-electron chi connectivity index (χ1n) is 8.35. The van der Waals surface area contributed by atoms with E-state index in [9.17, 15) is 4.79 Å². The van der Waals surface area contributed by atoms with Gasteiger partial charge in [0.2, 0.25) is 0 Å². The van der Waals surface area contributed by atoms with Crippen LogP contribution in [0.2, 0.25) is 0 Å². The highest BCUT2D eigenvalue weighted by Crippen LogP contribution is 2.29. The number of fused-ring (bicyclic) bond motifs is 1. The zero-order valence-electron chi connectivity index (χ0n) is 14.3. The van der Waals surface area contributed by atoms with Crippen LogP contribution in [-0.2, 0) is 11.3 Å². The molecule has 0 N–H and O–H groups in total. The summed E-state index contributed by atoms with van der Waals surface area (Å²) < 4.78 is 10.8. The fraction of sp³-hybridized carbons (Fsp3) is 0.0455. The number of rotatable bonds is 4. The lowest BCUT2D eigenvalue weighted by Crippen LogP contribution is -2.05. The molecule has 0 atom stereocenters. The van der Waals surface area contributed by atoms with Crippen LogP contribution in [0.15, 0.2) is 77.3 Å². The minimum atomic E-state index is -0.429. The number of hydrogen-bond donors (Lipinski definition) is 0. The maximum absolute atomic E-state index is 12.4. The first-order chi connectivity index (χ1) is 13.2. The SMILES string of the molecule is N#Cc1ccc(COC(=O)c2ccc3noc(-c4ccccc4)c3c2)cc1. The molecule has 5 heteroatoms. The summed E-state index contributed by atoms with van der Waals surface area (Å²) in [6.07, 6.45) is 0. The summed E-state index contributed by atoms with van der Waals surface area (Å²) in [6.45, 7) is 0.137. The van der Waals surface area contributed by atoms with E-state index in [4.69, 9.17) is 14.5 Å². The number of nitriles is 1. The van der Waals surface area contributed by atoms with Crippen LogP contribution in [0, 0.1) is 11.3 Å². The summed E-state index contributed by atoms with van der Waals surface area (Å²) in [5.74, 6) is 0.189. The van der Waals surface area contributed by atoms with Gasteiger partial charge >= 0.3 is 5.97 Å². The summed E-state index contributed by atoms with van der Waals surface area (Å²) >= 11 is 0. The highest BCUT2D eigenvalue weighted by atomic mass is 16.5. The molecule has 0 aliphatic rings. The first kappa shape index (κ1) is 16.6. The van der Waals surface area contributed by atoms with Crippen LogP contribution in [0.5, 0.6) is 0 Å². The molecule has 5 nitrogen and oxygen atoms in total. The lowest BCUT2D eigenvalue weighted by atomic mass is 10.1. The van der Waals surface area contributed by atoms with Crippen molar-refractivity contribution in [1.29, 1.82) is 5.26 Å². The summed E-state index contributed by atoms with van der Waals surface area (Å²) in [6, 6.07) is 23.7. The smallest absolute Gasteiger partial charge is 0.338 e. The van der Waals surface area contributed by atoms with Gasteiger partial charge in [0.25, 0.3) is 0 Å². The van der Waals surface area contributed by atoms with E-state index in [0.717, 1.165) is 16.5 Å². The Labute approximate surface area is 155 Å². The van der Waals surface area contributed by atoms with Crippen molar-refractivity contribution in [3.8, 4) is 17.4 Å². The molecule has 4 aromatic rings. The Balaban J connectivity index is 1.56. The molecule has 3 aromatic carbocycles. The van der Waals surface area contributed by atoms with Crippen LogP contribution < -0.4 is 0 Å². The molecule has 0 saturated heterocycles. The van der Waals surface area contributed by atoms with E-state index in [2.05, 4.69) is 11.2 Å². The van der Waals surface area contributed by atoms with Crippen LogP contribution in [0.1, 0.15) is 21.5 Å². The number of ether oxygens (including phenoxy) is 1. The standard InChI is InChI=1S/C22H14N2O3/c23-13-15-6-8-16(9-7-15)14-26-22(25)18-10-11-20-19(12-18)21(27-24-20)17-4-2-1-3-5-17/h1-12H,14H2. The van der Waals surface area contributed by atoms with Gasteiger partial charge in [-0.1, -0.05) is 47.6 Å². The minimum absolute atomic E-state index is 0.137. The molecule has 1 aromatic heterocycles. The van der Waals surface area contributed by atoms with Crippen molar-refractivity contribution in [2.75, 3.05) is 0 Å². The maximum atomic E-state index is 12.4. The Morgan fingerprint density at radius 1 is 1.04 bits per heavy atom. The van der Waals surface area contributed by atoms with Crippen molar-refractivity contribution < 1.29 is 14.1 Å². The molecule has 0 aliphatic heterocycles. The van der Waals surface area contributed by atoms with Crippen molar-refractivity contribution in [2.45, 2.75) is 6.61 Å². The highest BCUT2D eigenvalue weighted by molar-refractivity contribution is 5.98. The zero-order chi connectivity index (χ0) is 18.6. The monoisotopic (exact) mass is 354 g/mol. The van der Waals surface area contributed by atoms with E-state index in [1.807, 2.05) is 30.3 Å². The molecule has 0 unspecified atom stereocenters. The second-order valence-corrected chi connectivity index (χ2v) is 5.99. The average molecular weight is 354 g/mol. The zero-order valence-corrected chi connectivity index (χ0v) is 14.3. The Morgan fingerprint density at radius 2 is 1.81 bits per heavy atom. The predicted molar refractivity (Wildman–Crippen MR) is 99.7 cm³/mol. The minimum Gasteiger partial charge on any atom is -0.457 e. The van der Waals surface area contributed by atoms with E-state index < -0.39 is 5.97 Å². The number of hydrogen-bond acceptors (Lipinski definition) is 5. The molecular formula is C22H14N2O3. The van der Waals surface area contributed by atoms with Gasteiger partial charge in [0.15, 0.2) is 5.76 Å². The van der Waals surface area contributed by atoms with E-state index in [0.29, 0.717) is 22.4 Å². The lowest BCUT2D eigenvalue weighted by Gasteiger charge is -2.05. The molecule has 4 rings (SSSR count).